The van der Waals surface area contributed by atoms with E-state index in [0.29, 0.717) is 0 Å². The van der Waals surface area contributed by atoms with E-state index < -0.39 is 0 Å². The second-order valence-corrected chi connectivity index (χ2v) is 6.33. The van der Waals surface area contributed by atoms with Gasteiger partial charge in [0.15, 0.2) is 0 Å². The van der Waals surface area contributed by atoms with Gasteiger partial charge in [0, 0.05) is 36.9 Å². The first-order valence-corrected chi connectivity index (χ1v) is 8.41. The smallest absolute Gasteiger partial charge is 0.0630 e. The number of pyridine rings is 2. The Kier molecular flexibility index (Phi) is 3.01. The molecule has 0 saturated heterocycles. The van der Waals surface area contributed by atoms with Crippen molar-refractivity contribution in [1.29, 1.82) is 0 Å². The third-order valence-electron chi connectivity index (χ3n) is 5.02. The normalized spacial score (nSPS) is 15.5. The first-order chi connectivity index (χ1) is 11.9. The van der Waals surface area contributed by atoms with Crippen LogP contribution in [0.5, 0.6) is 0 Å². The molecule has 0 spiro atoms. The molecule has 2 aromatic heterocycles. The molecule has 4 nitrogen and oxygen atoms in total. The van der Waals surface area contributed by atoms with Crippen molar-refractivity contribution in [1.82, 2.24) is 9.97 Å². The van der Waals surface area contributed by atoms with Crippen LogP contribution in [0.4, 0.5) is 22.7 Å². The van der Waals surface area contributed by atoms with Gasteiger partial charge in [-0.2, -0.15) is 0 Å². The monoisotopic (exact) mass is 314 g/mol. The van der Waals surface area contributed by atoms with Gasteiger partial charge in [-0.1, -0.05) is 6.07 Å². The van der Waals surface area contributed by atoms with Crippen LogP contribution in [0.15, 0.2) is 61.2 Å². The molecule has 0 saturated carbocycles. The van der Waals surface area contributed by atoms with Crippen LogP contribution in [-0.2, 0) is 12.8 Å². The third-order valence-corrected chi connectivity index (χ3v) is 5.02. The molecule has 1 aromatic carbocycles. The molecule has 0 bridgehead atoms. The van der Waals surface area contributed by atoms with Crippen molar-refractivity contribution >= 4 is 22.7 Å². The molecule has 4 heterocycles. The summed E-state index contributed by atoms with van der Waals surface area (Å²) in [7, 11) is 0. The minimum Gasteiger partial charge on any atom is -0.340 e. The van der Waals surface area contributed by atoms with Gasteiger partial charge in [0.05, 0.1) is 23.8 Å². The fourth-order valence-corrected chi connectivity index (χ4v) is 3.81. The van der Waals surface area contributed by atoms with Crippen LogP contribution in [0, 0.1) is 0 Å². The van der Waals surface area contributed by atoms with Crippen molar-refractivity contribution in [3.8, 4) is 0 Å². The molecule has 0 unspecified atom stereocenters. The number of hydrogen-bond donors (Lipinski definition) is 0. The molecule has 5 rings (SSSR count). The Morgan fingerprint density at radius 1 is 0.708 bits per heavy atom. The molecule has 0 aliphatic carbocycles. The Morgan fingerprint density at radius 2 is 1.25 bits per heavy atom. The average molecular weight is 314 g/mol. The van der Waals surface area contributed by atoms with E-state index in [1.165, 1.54) is 33.9 Å². The molecule has 0 radical (unpaired) electrons. The SMILES string of the molecule is c1cc(N2CCc3ccncc32)cc(N2CCc3ccncc32)c1. The van der Waals surface area contributed by atoms with E-state index >= 15 is 0 Å². The van der Waals surface area contributed by atoms with E-state index in [0.717, 1.165) is 25.9 Å². The highest BCUT2D eigenvalue weighted by molar-refractivity contribution is 5.75. The Bertz CT molecular complexity index is 835. The van der Waals surface area contributed by atoms with Crippen LogP contribution in [0.1, 0.15) is 11.1 Å². The lowest BCUT2D eigenvalue weighted by molar-refractivity contribution is 0.984. The summed E-state index contributed by atoms with van der Waals surface area (Å²) in [6.07, 6.45) is 9.88. The lowest BCUT2D eigenvalue weighted by atomic mass is 10.2. The standard InChI is InChI=1S/C20H18N4/c1-2-17(23-10-6-15-4-8-21-13-19(15)23)12-18(3-1)24-11-7-16-5-9-22-14-20(16)24/h1-5,8-9,12-14H,6-7,10-11H2. The topological polar surface area (TPSA) is 32.3 Å². The van der Waals surface area contributed by atoms with E-state index in [2.05, 4.69) is 56.2 Å². The van der Waals surface area contributed by atoms with Gasteiger partial charge in [-0.05, 0) is 54.3 Å². The van der Waals surface area contributed by atoms with Crippen molar-refractivity contribution in [2.75, 3.05) is 22.9 Å². The van der Waals surface area contributed by atoms with Gasteiger partial charge in [-0.15, -0.1) is 0 Å². The fourth-order valence-electron chi connectivity index (χ4n) is 3.81. The predicted molar refractivity (Wildman–Crippen MR) is 96.3 cm³/mol. The van der Waals surface area contributed by atoms with E-state index in [1.54, 1.807) is 0 Å². The molecule has 118 valence electrons. The molecule has 0 fully saturated rings. The zero-order valence-corrected chi connectivity index (χ0v) is 13.4. The maximum absolute atomic E-state index is 4.30. The lowest BCUT2D eigenvalue weighted by Crippen LogP contribution is -2.16. The quantitative estimate of drug-likeness (QED) is 0.719. The number of nitrogens with zero attached hydrogens (tertiary/aromatic N) is 4. The van der Waals surface area contributed by atoms with Crippen LogP contribution in [0.25, 0.3) is 0 Å². The van der Waals surface area contributed by atoms with E-state index in [9.17, 15) is 0 Å². The molecule has 2 aliphatic rings. The summed E-state index contributed by atoms with van der Waals surface area (Å²) in [5, 5.41) is 0. The second kappa shape index (κ2) is 5.34. The van der Waals surface area contributed by atoms with Crippen molar-refractivity contribution in [2.45, 2.75) is 12.8 Å². The average Bonchev–Trinajstić information content (AvgIpc) is 3.26. The molecule has 4 heteroatoms. The Labute approximate surface area is 141 Å². The van der Waals surface area contributed by atoms with Gasteiger partial charge >= 0.3 is 0 Å². The number of benzene rings is 1. The summed E-state index contributed by atoms with van der Waals surface area (Å²) in [5.74, 6) is 0. The zero-order valence-electron chi connectivity index (χ0n) is 13.4. The van der Waals surface area contributed by atoms with Gasteiger partial charge in [0.25, 0.3) is 0 Å². The Balaban J connectivity index is 1.52. The van der Waals surface area contributed by atoms with Crippen LogP contribution >= 0.6 is 0 Å². The van der Waals surface area contributed by atoms with Crippen molar-refractivity contribution in [3.63, 3.8) is 0 Å². The van der Waals surface area contributed by atoms with E-state index in [1.807, 2.05) is 24.8 Å². The van der Waals surface area contributed by atoms with Crippen molar-refractivity contribution < 1.29 is 0 Å². The summed E-state index contributed by atoms with van der Waals surface area (Å²) in [6.45, 7) is 2.03. The van der Waals surface area contributed by atoms with E-state index in [-0.39, 0.29) is 0 Å². The van der Waals surface area contributed by atoms with Gasteiger partial charge in [0.2, 0.25) is 0 Å². The number of aromatic nitrogens is 2. The first kappa shape index (κ1) is 13.5. The highest BCUT2D eigenvalue weighted by Gasteiger charge is 2.23. The minimum atomic E-state index is 1.02. The zero-order chi connectivity index (χ0) is 15.9. The first-order valence-electron chi connectivity index (χ1n) is 8.41. The molecule has 0 N–H and O–H groups in total. The molecular formula is C20H18N4. The van der Waals surface area contributed by atoms with Gasteiger partial charge in [0.1, 0.15) is 0 Å². The molecule has 2 aliphatic heterocycles. The van der Waals surface area contributed by atoms with E-state index in [4.69, 9.17) is 0 Å². The highest BCUT2D eigenvalue weighted by atomic mass is 15.2. The predicted octanol–water partition coefficient (Wildman–Crippen LogP) is 3.87. The second-order valence-electron chi connectivity index (χ2n) is 6.33. The molecular weight excluding hydrogens is 296 g/mol. The van der Waals surface area contributed by atoms with Gasteiger partial charge < -0.3 is 9.80 Å². The molecule has 3 aromatic rings. The van der Waals surface area contributed by atoms with Crippen LogP contribution in [-0.4, -0.2) is 23.1 Å². The highest BCUT2D eigenvalue weighted by Crippen LogP contribution is 2.38. The van der Waals surface area contributed by atoms with Gasteiger partial charge in [-0.3, -0.25) is 9.97 Å². The summed E-state index contributed by atoms with van der Waals surface area (Å²) in [4.78, 5) is 13.3. The van der Waals surface area contributed by atoms with Crippen LogP contribution < -0.4 is 9.80 Å². The minimum absolute atomic E-state index is 1.02. The Morgan fingerprint density at radius 3 is 1.79 bits per heavy atom. The number of rotatable bonds is 2. The largest absolute Gasteiger partial charge is 0.340 e. The van der Waals surface area contributed by atoms with Gasteiger partial charge in [-0.25, -0.2) is 0 Å². The maximum atomic E-state index is 4.30. The van der Waals surface area contributed by atoms with Crippen molar-refractivity contribution in [3.05, 3.63) is 72.3 Å². The number of hydrogen-bond acceptors (Lipinski definition) is 4. The molecule has 0 amide bonds. The van der Waals surface area contributed by atoms with Crippen molar-refractivity contribution in [2.24, 2.45) is 0 Å². The Hall–Kier alpha value is -2.88. The maximum Gasteiger partial charge on any atom is 0.0630 e. The number of anilines is 4. The molecule has 24 heavy (non-hydrogen) atoms. The van der Waals surface area contributed by atoms with Crippen LogP contribution in [0.2, 0.25) is 0 Å². The summed E-state index contributed by atoms with van der Waals surface area (Å²) < 4.78 is 0. The lowest BCUT2D eigenvalue weighted by Gasteiger charge is -2.24. The number of fused-ring (bicyclic) bond motifs is 2. The summed E-state index contributed by atoms with van der Waals surface area (Å²) in [5.41, 5.74) is 7.70. The molecule has 0 atom stereocenters. The third kappa shape index (κ3) is 2.07. The summed E-state index contributed by atoms with van der Waals surface area (Å²) >= 11 is 0. The fraction of sp³-hybridized carbons (Fsp3) is 0.200. The van der Waals surface area contributed by atoms with Crippen LogP contribution in [0.3, 0.4) is 0 Å². The summed E-state index contributed by atoms with van der Waals surface area (Å²) in [6, 6.07) is 13.1.